The molecule has 2 fully saturated rings. The van der Waals surface area contributed by atoms with Gasteiger partial charge in [0, 0.05) is 24.5 Å². The molecule has 1 N–H and O–H groups in total. The molecule has 14 heteroatoms. The Bertz CT molecular complexity index is 1180. The van der Waals surface area contributed by atoms with Gasteiger partial charge in [-0.05, 0) is 20.8 Å². The Hall–Kier alpha value is -3.71. The molecule has 0 saturated carbocycles. The molecule has 3 heterocycles. The van der Waals surface area contributed by atoms with Gasteiger partial charge in [0.15, 0.2) is 29.0 Å². The third-order valence-electron chi connectivity index (χ3n) is 5.57. The van der Waals surface area contributed by atoms with Crippen LogP contribution in [0.4, 0.5) is 32.6 Å². The number of amides is 2. The quantitative estimate of drug-likeness (QED) is 0.470. The average Bonchev–Trinajstić information content (AvgIpc) is 3.07. The largest absolute Gasteiger partial charge is 0.487 e. The lowest BCUT2D eigenvalue weighted by Gasteiger charge is -2.40. The summed E-state index contributed by atoms with van der Waals surface area (Å²) in [5.41, 5.74) is -1.11. The van der Waals surface area contributed by atoms with Crippen molar-refractivity contribution in [3.63, 3.8) is 0 Å². The summed E-state index contributed by atoms with van der Waals surface area (Å²) in [6.45, 7) is 3.70. The monoisotopic (exact) mass is 529 g/mol. The Morgan fingerprint density at radius 1 is 1.05 bits per heavy atom. The van der Waals surface area contributed by atoms with E-state index in [1.807, 2.05) is 0 Å². The number of carbonyl (C=O) groups is 2. The molecule has 2 amide bonds. The van der Waals surface area contributed by atoms with Gasteiger partial charge in [0.25, 0.3) is 11.8 Å². The van der Waals surface area contributed by atoms with Crippen molar-refractivity contribution in [2.24, 2.45) is 0 Å². The first-order valence-electron chi connectivity index (χ1n) is 11.3. The van der Waals surface area contributed by atoms with Crippen molar-refractivity contribution >= 4 is 17.8 Å². The van der Waals surface area contributed by atoms with E-state index in [-0.39, 0.29) is 30.4 Å². The minimum absolute atomic E-state index is 0.0848. The highest BCUT2D eigenvalue weighted by Crippen LogP contribution is 2.30. The molecule has 0 bridgehead atoms. The van der Waals surface area contributed by atoms with Crippen LogP contribution in [0.1, 0.15) is 31.3 Å². The van der Waals surface area contributed by atoms with Gasteiger partial charge in [0.2, 0.25) is 0 Å². The molecule has 0 radical (unpaired) electrons. The van der Waals surface area contributed by atoms with Gasteiger partial charge in [-0.25, -0.2) is 36.7 Å². The minimum atomic E-state index is -3.41. The Labute approximate surface area is 208 Å². The van der Waals surface area contributed by atoms with Gasteiger partial charge in [-0.3, -0.25) is 9.69 Å². The van der Waals surface area contributed by atoms with E-state index in [4.69, 9.17) is 9.47 Å². The Kier molecular flexibility index (Phi) is 6.86. The topological polar surface area (TPSA) is 96.9 Å². The average molecular weight is 529 g/mol. The number of hydrogen-bond donors (Lipinski definition) is 1. The number of rotatable bonds is 5. The first-order valence-corrected chi connectivity index (χ1v) is 11.3. The molecule has 37 heavy (non-hydrogen) atoms. The van der Waals surface area contributed by atoms with E-state index in [1.165, 1.54) is 12.4 Å². The summed E-state index contributed by atoms with van der Waals surface area (Å²) in [7, 11) is 0. The van der Waals surface area contributed by atoms with Crippen LogP contribution in [-0.2, 0) is 4.74 Å². The second-order valence-corrected chi connectivity index (χ2v) is 9.72. The van der Waals surface area contributed by atoms with E-state index in [0.29, 0.717) is 12.1 Å². The maximum atomic E-state index is 14.6. The number of carbonyl (C=O) groups excluding carboxylic acids is 2. The zero-order valence-corrected chi connectivity index (χ0v) is 20.1. The van der Waals surface area contributed by atoms with Gasteiger partial charge in [-0.1, -0.05) is 0 Å². The number of ether oxygens (including phenoxy) is 2. The summed E-state index contributed by atoms with van der Waals surface area (Å²) in [6.07, 6.45) is 1.04. The summed E-state index contributed by atoms with van der Waals surface area (Å²) < 4.78 is 79.7. The zero-order chi connectivity index (χ0) is 27.1. The number of likely N-dealkylation sites (tertiary alicyclic amines) is 1. The summed E-state index contributed by atoms with van der Waals surface area (Å²) in [6, 6.07) is -0.256. The number of anilines is 1. The predicted molar refractivity (Wildman–Crippen MR) is 119 cm³/mol. The van der Waals surface area contributed by atoms with Gasteiger partial charge in [-0.15, -0.1) is 0 Å². The summed E-state index contributed by atoms with van der Waals surface area (Å²) in [4.78, 5) is 35.5. The second kappa shape index (κ2) is 9.63. The van der Waals surface area contributed by atoms with E-state index in [2.05, 4.69) is 15.3 Å². The standard InChI is InChI=1S/C23H24F5N5O4/c1-22(2,3)37-21(35)33-10-16(23(27,28)11-33)31-20(34)18-19(30-5-4-29-18)32-8-13(9-32)36-12-6-14(24)17(26)15(25)7-12/h4-7,13,16H,8-11H2,1-3H3,(H,31,34). The highest BCUT2D eigenvalue weighted by molar-refractivity contribution is 5.97. The van der Waals surface area contributed by atoms with E-state index >= 15 is 0 Å². The van der Waals surface area contributed by atoms with Crippen molar-refractivity contribution in [1.29, 1.82) is 0 Å². The van der Waals surface area contributed by atoms with E-state index in [9.17, 15) is 31.5 Å². The molecule has 4 rings (SSSR count). The van der Waals surface area contributed by atoms with Gasteiger partial charge in [-0.2, -0.15) is 0 Å². The van der Waals surface area contributed by atoms with Gasteiger partial charge < -0.3 is 19.7 Å². The fourth-order valence-electron chi connectivity index (χ4n) is 3.83. The number of nitrogens with one attached hydrogen (secondary N) is 1. The van der Waals surface area contributed by atoms with Crippen molar-refractivity contribution in [3.8, 4) is 5.75 Å². The van der Waals surface area contributed by atoms with E-state index < -0.39 is 66.2 Å². The molecular weight excluding hydrogens is 505 g/mol. The highest BCUT2D eigenvalue weighted by Gasteiger charge is 2.51. The smallest absolute Gasteiger partial charge is 0.410 e. The fraction of sp³-hybridized carbons (Fsp3) is 0.478. The third-order valence-corrected chi connectivity index (χ3v) is 5.57. The first kappa shape index (κ1) is 26.4. The van der Waals surface area contributed by atoms with Crippen LogP contribution in [0.15, 0.2) is 24.5 Å². The van der Waals surface area contributed by atoms with Crippen LogP contribution in [0.5, 0.6) is 5.75 Å². The van der Waals surface area contributed by atoms with E-state index in [1.54, 1.807) is 25.7 Å². The van der Waals surface area contributed by atoms with Crippen LogP contribution in [0.3, 0.4) is 0 Å². The second-order valence-electron chi connectivity index (χ2n) is 9.72. The molecule has 1 aromatic heterocycles. The lowest BCUT2D eigenvalue weighted by molar-refractivity contribution is -0.0154. The SMILES string of the molecule is CC(C)(C)OC(=O)N1CC(NC(=O)c2nccnc2N2CC(Oc3cc(F)c(F)c(F)c3)C2)C(F)(F)C1. The van der Waals surface area contributed by atoms with Crippen LogP contribution >= 0.6 is 0 Å². The molecule has 1 aromatic carbocycles. The molecule has 1 unspecified atom stereocenters. The first-order chi connectivity index (χ1) is 17.2. The van der Waals surface area contributed by atoms with E-state index in [0.717, 1.165) is 4.90 Å². The normalized spacial score (nSPS) is 19.4. The maximum Gasteiger partial charge on any atom is 0.410 e. The number of hydrogen-bond acceptors (Lipinski definition) is 7. The molecule has 2 aliphatic heterocycles. The molecule has 0 aliphatic carbocycles. The maximum absolute atomic E-state index is 14.6. The molecule has 200 valence electrons. The van der Waals surface area contributed by atoms with Crippen molar-refractivity contribution in [3.05, 3.63) is 47.7 Å². The lowest BCUT2D eigenvalue weighted by atomic mass is 10.1. The van der Waals surface area contributed by atoms with Crippen molar-refractivity contribution in [1.82, 2.24) is 20.2 Å². The molecule has 1 atom stereocenters. The third kappa shape index (κ3) is 5.83. The molecule has 2 aromatic rings. The Morgan fingerprint density at radius 2 is 1.68 bits per heavy atom. The summed E-state index contributed by atoms with van der Waals surface area (Å²) >= 11 is 0. The van der Waals surface area contributed by atoms with Crippen LogP contribution in [-0.4, -0.2) is 76.7 Å². The highest BCUT2D eigenvalue weighted by atomic mass is 19.3. The number of aromatic nitrogens is 2. The predicted octanol–water partition coefficient (Wildman–Crippen LogP) is 3.15. The minimum Gasteiger partial charge on any atom is -0.487 e. The summed E-state index contributed by atoms with van der Waals surface area (Å²) in [5.74, 6) is -8.87. The lowest BCUT2D eigenvalue weighted by Crippen LogP contribution is -2.55. The fourth-order valence-corrected chi connectivity index (χ4v) is 3.83. The molecule has 2 saturated heterocycles. The van der Waals surface area contributed by atoms with Crippen molar-refractivity contribution < 1.29 is 41.0 Å². The van der Waals surface area contributed by atoms with Crippen LogP contribution < -0.4 is 15.0 Å². The number of alkyl halides is 2. The summed E-state index contributed by atoms with van der Waals surface area (Å²) in [5, 5.41) is 2.23. The van der Waals surface area contributed by atoms with Gasteiger partial charge >= 0.3 is 6.09 Å². The zero-order valence-electron chi connectivity index (χ0n) is 20.1. The number of nitrogens with zero attached hydrogens (tertiary/aromatic N) is 4. The molecular formula is C23H24F5N5O4. The van der Waals surface area contributed by atoms with Gasteiger partial charge in [0.1, 0.15) is 23.5 Å². The molecule has 9 nitrogen and oxygen atoms in total. The number of benzene rings is 1. The van der Waals surface area contributed by atoms with Gasteiger partial charge in [0.05, 0.1) is 26.2 Å². The molecule has 2 aliphatic rings. The van der Waals surface area contributed by atoms with Crippen LogP contribution in [0.25, 0.3) is 0 Å². The van der Waals surface area contributed by atoms with Crippen molar-refractivity contribution in [2.75, 3.05) is 31.1 Å². The van der Waals surface area contributed by atoms with Crippen LogP contribution in [0.2, 0.25) is 0 Å². The Balaban J connectivity index is 1.39. The van der Waals surface area contributed by atoms with Crippen molar-refractivity contribution in [2.45, 2.75) is 44.4 Å². The Morgan fingerprint density at radius 3 is 2.30 bits per heavy atom. The number of halogens is 5. The molecule has 0 spiro atoms. The van der Waals surface area contributed by atoms with Crippen LogP contribution in [0, 0.1) is 17.5 Å².